The molecule has 0 aromatic heterocycles. The van der Waals surface area contributed by atoms with Gasteiger partial charge in [-0.15, -0.1) is 0 Å². The lowest BCUT2D eigenvalue weighted by atomic mass is 10.2. The molecule has 0 spiro atoms. The van der Waals surface area contributed by atoms with Gasteiger partial charge in [-0.05, 0) is 64.1 Å². The zero-order chi connectivity index (χ0) is 20.4. The summed E-state index contributed by atoms with van der Waals surface area (Å²) in [6, 6.07) is 35.7. The van der Waals surface area contributed by atoms with E-state index in [1.54, 1.807) is 0 Å². The average Bonchev–Trinajstić information content (AvgIpc) is 2.73. The van der Waals surface area contributed by atoms with Crippen LogP contribution < -0.4 is 20.7 Å². The van der Waals surface area contributed by atoms with Crippen molar-refractivity contribution in [2.45, 2.75) is 6.92 Å². The summed E-state index contributed by atoms with van der Waals surface area (Å²) in [5, 5.41) is 5.49. The Balaban J connectivity index is 2.11. The minimum Gasteiger partial charge on any atom is -0.0616 e. The molecule has 0 saturated carbocycles. The summed E-state index contributed by atoms with van der Waals surface area (Å²) in [6.45, 7) is 2.14. The predicted molar refractivity (Wildman–Crippen MR) is 138 cm³/mol. The molecular formula is C25H19Br3Si. The van der Waals surface area contributed by atoms with E-state index < -0.39 is 8.07 Å². The van der Waals surface area contributed by atoms with Gasteiger partial charge >= 0.3 is 0 Å². The molecule has 4 aromatic carbocycles. The summed E-state index contributed by atoms with van der Waals surface area (Å²) in [6.07, 6.45) is 0. The van der Waals surface area contributed by atoms with Gasteiger partial charge in [0.1, 0.15) is 0 Å². The zero-order valence-electron chi connectivity index (χ0n) is 15.9. The van der Waals surface area contributed by atoms with Crippen LogP contribution >= 0.6 is 47.8 Å². The van der Waals surface area contributed by atoms with Gasteiger partial charge in [0.25, 0.3) is 0 Å². The lowest BCUT2D eigenvalue weighted by Crippen LogP contribution is -2.74. The molecule has 29 heavy (non-hydrogen) atoms. The second kappa shape index (κ2) is 8.72. The van der Waals surface area contributed by atoms with Gasteiger partial charge in [-0.1, -0.05) is 114 Å². The Morgan fingerprint density at radius 1 is 0.414 bits per heavy atom. The molecule has 0 nitrogen and oxygen atoms in total. The molecule has 0 aliphatic heterocycles. The molecule has 4 rings (SSSR count). The van der Waals surface area contributed by atoms with Crippen LogP contribution in [0, 0.1) is 6.92 Å². The van der Waals surface area contributed by atoms with Crippen molar-refractivity contribution in [1.29, 1.82) is 0 Å². The number of benzene rings is 4. The Kier molecular flexibility index (Phi) is 6.26. The first-order valence-electron chi connectivity index (χ1n) is 9.35. The van der Waals surface area contributed by atoms with Crippen molar-refractivity contribution >= 4 is 76.6 Å². The van der Waals surface area contributed by atoms with E-state index in [1.807, 2.05) is 0 Å². The van der Waals surface area contributed by atoms with Gasteiger partial charge in [0.2, 0.25) is 0 Å². The summed E-state index contributed by atoms with van der Waals surface area (Å²) >= 11 is 10.8. The van der Waals surface area contributed by atoms with E-state index in [1.165, 1.54) is 26.3 Å². The fourth-order valence-electron chi connectivity index (χ4n) is 3.90. The van der Waals surface area contributed by atoms with E-state index in [0.29, 0.717) is 0 Å². The Hall–Kier alpha value is -1.46. The Morgan fingerprint density at radius 2 is 0.655 bits per heavy atom. The maximum atomic E-state index is 3.61. The van der Waals surface area contributed by atoms with Crippen LogP contribution in [0.3, 0.4) is 0 Å². The topological polar surface area (TPSA) is 0 Å². The molecule has 0 fully saturated rings. The molecule has 4 aromatic rings. The smallest absolute Gasteiger partial charge is 0.0616 e. The fraction of sp³-hybridized carbons (Fsp3) is 0.0400. The SMILES string of the molecule is Cc1ccc([Si](c2ccc(Br)cc2)(c2ccc(Br)cc2)c2ccc(Br)cc2)cc1. The number of rotatable bonds is 4. The highest BCUT2D eigenvalue weighted by atomic mass is 79.9. The Labute approximate surface area is 198 Å². The van der Waals surface area contributed by atoms with Crippen LogP contribution in [0.25, 0.3) is 0 Å². The normalized spacial score (nSPS) is 11.4. The molecule has 144 valence electrons. The van der Waals surface area contributed by atoms with E-state index in [-0.39, 0.29) is 0 Å². The molecule has 0 aliphatic rings. The van der Waals surface area contributed by atoms with E-state index in [0.717, 1.165) is 13.4 Å². The van der Waals surface area contributed by atoms with Gasteiger partial charge in [-0.2, -0.15) is 0 Å². The number of hydrogen-bond acceptors (Lipinski definition) is 0. The van der Waals surface area contributed by atoms with Crippen molar-refractivity contribution in [3.05, 3.63) is 116 Å². The third-order valence-corrected chi connectivity index (χ3v) is 11.7. The lowest BCUT2D eigenvalue weighted by Gasteiger charge is -2.34. The number of hydrogen-bond donors (Lipinski definition) is 0. The van der Waals surface area contributed by atoms with E-state index in [9.17, 15) is 0 Å². The average molecular weight is 587 g/mol. The highest BCUT2D eigenvalue weighted by molar-refractivity contribution is 9.11. The number of aryl methyl sites for hydroxylation is 1. The van der Waals surface area contributed by atoms with Gasteiger partial charge in [0.05, 0.1) is 0 Å². The zero-order valence-corrected chi connectivity index (χ0v) is 21.6. The first-order valence-corrected chi connectivity index (χ1v) is 13.7. The molecule has 0 heterocycles. The third-order valence-electron chi connectivity index (χ3n) is 5.32. The maximum absolute atomic E-state index is 3.61. The lowest BCUT2D eigenvalue weighted by molar-refractivity contribution is 1.48. The second-order valence-corrected chi connectivity index (χ2v) is 13.7. The highest BCUT2D eigenvalue weighted by Gasteiger charge is 2.41. The van der Waals surface area contributed by atoms with Crippen molar-refractivity contribution < 1.29 is 0 Å². The van der Waals surface area contributed by atoms with E-state index >= 15 is 0 Å². The summed E-state index contributed by atoms with van der Waals surface area (Å²) < 4.78 is 3.29. The minimum absolute atomic E-state index is 1.10. The molecule has 0 atom stereocenters. The van der Waals surface area contributed by atoms with Crippen LogP contribution in [-0.2, 0) is 0 Å². The van der Waals surface area contributed by atoms with Crippen molar-refractivity contribution in [2.75, 3.05) is 0 Å². The molecule has 0 bridgehead atoms. The summed E-state index contributed by atoms with van der Waals surface area (Å²) in [7, 11) is -2.45. The van der Waals surface area contributed by atoms with E-state index in [2.05, 4.69) is 152 Å². The minimum atomic E-state index is -2.45. The molecule has 0 aliphatic carbocycles. The quantitative estimate of drug-likeness (QED) is 0.214. The van der Waals surface area contributed by atoms with Crippen molar-refractivity contribution in [3.8, 4) is 0 Å². The van der Waals surface area contributed by atoms with Crippen LogP contribution in [0.4, 0.5) is 0 Å². The first-order chi connectivity index (χ1) is 14.0. The van der Waals surface area contributed by atoms with Crippen LogP contribution in [0.5, 0.6) is 0 Å². The van der Waals surface area contributed by atoms with E-state index in [4.69, 9.17) is 0 Å². The van der Waals surface area contributed by atoms with Gasteiger partial charge in [0.15, 0.2) is 8.07 Å². The fourth-order valence-corrected chi connectivity index (χ4v) is 9.36. The summed E-state index contributed by atoms with van der Waals surface area (Å²) in [5.41, 5.74) is 1.28. The molecule has 0 amide bonds. The van der Waals surface area contributed by atoms with Crippen LogP contribution in [-0.4, -0.2) is 8.07 Å². The van der Waals surface area contributed by atoms with Crippen LogP contribution in [0.15, 0.2) is 110 Å². The molecule has 0 unspecified atom stereocenters. The summed E-state index contributed by atoms with van der Waals surface area (Å²) in [5.74, 6) is 0. The van der Waals surface area contributed by atoms with Gasteiger partial charge in [0, 0.05) is 13.4 Å². The molecule has 0 saturated heterocycles. The van der Waals surface area contributed by atoms with Gasteiger partial charge in [-0.25, -0.2) is 0 Å². The Bertz CT molecular complexity index is 913. The van der Waals surface area contributed by atoms with Gasteiger partial charge < -0.3 is 0 Å². The highest BCUT2D eigenvalue weighted by Crippen LogP contribution is 2.16. The monoisotopic (exact) mass is 584 g/mol. The van der Waals surface area contributed by atoms with Crippen LogP contribution in [0.1, 0.15) is 5.56 Å². The van der Waals surface area contributed by atoms with Gasteiger partial charge in [-0.3, -0.25) is 0 Å². The maximum Gasteiger partial charge on any atom is 0.179 e. The second-order valence-electron chi connectivity index (χ2n) is 7.14. The predicted octanol–water partition coefficient (Wildman–Crippen LogP) is 5.66. The molecule has 4 heteroatoms. The first kappa shape index (κ1) is 20.8. The van der Waals surface area contributed by atoms with Crippen molar-refractivity contribution in [2.24, 2.45) is 0 Å². The third kappa shape index (κ3) is 4.09. The molecular weight excluding hydrogens is 568 g/mol. The largest absolute Gasteiger partial charge is 0.179 e. The molecule has 0 radical (unpaired) electrons. The Morgan fingerprint density at radius 3 is 0.931 bits per heavy atom. The molecule has 0 N–H and O–H groups in total. The van der Waals surface area contributed by atoms with Crippen molar-refractivity contribution in [3.63, 3.8) is 0 Å². The standard InChI is InChI=1S/C25H19Br3Si/c1-18-2-10-22(11-3-18)29(23-12-4-19(26)5-13-23,24-14-6-20(27)7-15-24)25-16-8-21(28)9-17-25/h2-17H,1H3. The number of halogens is 3. The van der Waals surface area contributed by atoms with Crippen LogP contribution in [0.2, 0.25) is 0 Å². The summed E-state index contributed by atoms with van der Waals surface area (Å²) in [4.78, 5) is 0. The van der Waals surface area contributed by atoms with Crippen molar-refractivity contribution in [1.82, 2.24) is 0 Å².